The van der Waals surface area contributed by atoms with Crippen LogP contribution in [0.5, 0.6) is 0 Å². The molecule has 10 heavy (non-hydrogen) atoms. The van der Waals surface area contributed by atoms with Gasteiger partial charge in [-0.3, -0.25) is 0 Å². The molecule has 0 spiro atoms. The van der Waals surface area contributed by atoms with Gasteiger partial charge in [0.2, 0.25) is 0 Å². The van der Waals surface area contributed by atoms with Crippen molar-refractivity contribution in [1.82, 2.24) is 0 Å². The average molecular weight is 175 g/mol. The number of hydrogen-bond acceptors (Lipinski definition) is 1. The zero-order valence-electron chi connectivity index (χ0n) is 5.79. The average Bonchev–Trinajstić information content (AvgIpc) is 1.99. The number of halogens is 1. The van der Waals surface area contributed by atoms with Crippen LogP contribution in [0.1, 0.15) is 19.3 Å². The third-order valence-electron chi connectivity index (χ3n) is 2.20. The van der Waals surface area contributed by atoms with E-state index in [2.05, 4.69) is 23.9 Å². The number of alkyl halides is 1. The molecule has 2 heterocycles. The summed E-state index contributed by atoms with van der Waals surface area (Å²) < 4.78 is 0. The molecular weight excluding hydrogens is 164 g/mol. The van der Waals surface area contributed by atoms with E-state index in [1.54, 1.807) is 0 Å². The summed E-state index contributed by atoms with van der Waals surface area (Å²) >= 11 is 8.19. The van der Waals surface area contributed by atoms with Gasteiger partial charge in [0.1, 0.15) is 0 Å². The first-order valence-electron chi connectivity index (χ1n) is 3.82. The molecule has 0 aliphatic carbocycles. The van der Waals surface area contributed by atoms with Gasteiger partial charge in [0.05, 0.1) is 0 Å². The van der Waals surface area contributed by atoms with E-state index in [1.165, 1.54) is 19.3 Å². The molecule has 0 amide bonds. The first-order valence-corrected chi connectivity index (χ1v) is 5.20. The van der Waals surface area contributed by atoms with Gasteiger partial charge in [0, 0.05) is 15.9 Å². The van der Waals surface area contributed by atoms with Crippen molar-refractivity contribution >= 4 is 23.4 Å². The maximum absolute atomic E-state index is 6.13. The molecule has 2 aliphatic heterocycles. The Labute approximate surface area is 71.0 Å². The smallest absolute Gasteiger partial charge is 0.0458 e. The Balaban J connectivity index is 2.11. The Hall–Kier alpha value is 0.380. The van der Waals surface area contributed by atoms with E-state index in [4.69, 9.17) is 11.6 Å². The van der Waals surface area contributed by atoms with Gasteiger partial charge in [-0.15, -0.1) is 23.4 Å². The Bertz CT molecular complexity index is 155. The van der Waals surface area contributed by atoms with Gasteiger partial charge in [0.25, 0.3) is 0 Å². The summed E-state index contributed by atoms with van der Waals surface area (Å²) in [6.45, 7) is 0. The van der Waals surface area contributed by atoms with Crippen molar-refractivity contribution in [2.24, 2.45) is 0 Å². The molecule has 0 aromatic heterocycles. The summed E-state index contributed by atoms with van der Waals surface area (Å²) in [5.74, 6) is 0. The summed E-state index contributed by atoms with van der Waals surface area (Å²) in [6, 6.07) is 0. The van der Waals surface area contributed by atoms with Crippen LogP contribution in [0.25, 0.3) is 0 Å². The molecular formula is C8H11ClS. The fourth-order valence-corrected chi connectivity index (χ4v) is 3.46. The van der Waals surface area contributed by atoms with Crippen LogP contribution >= 0.6 is 23.4 Å². The van der Waals surface area contributed by atoms with E-state index in [1.807, 2.05) is 0 Å². The van der Waals surface area contributed by atoms with Crippen LogP contribution in [0.3, 0.4) is 0 Å². The van der Waals surface area contributed by atoms with Gasteiger partial charge in [-0.25, -0.2) is 0 Å². The maximum Gasteiger partial charge on any atom is 0.0458 e. The molecule has 0 nitrogen and oxygen atoms in total. The van der Waals surface area contributed by atoms with Crippen molar-refractivity contribution < 1.29 is 0 Å². The Morgan fingerprint density at radius 2 is 2.30 bits per heavy atom. The normalized spacial score (nSPS) is 45.5. The number of rotatable bonds is 0. The number of thioether (sulfide) groups is 1. The van der Waals surface area contributed by atoms with Crippen LogP contribution in [0.4, 0.5) is 0 Å². The van der Waals surface area contributed by atoms with E-state index in [9.17, 15) is 0 Å². The fraction of sp³-hybridized carbons (Fsp3) is 0.750. The van der Waals surface area contributed by atoms with Crippen molar-refractivity contribution in [2.45, 2.75) is 35.1 Å². The van der Waals surface area contributed by atoms with Crippen LogP contribution in [-0.2, 0) is 0 Å². The monoisotopic (exact) mass is 174 g/mol. The summed E-state index contributed by atoms with van der Waals surface area (Å²) in [7, 11) is 0. The molecule has 2 aliphatic rings. The minimum atomic E-state index is 0.436. The Morgan fingerprint density at radius 1 is 1.40 bits per heavy atom. The van der Waals surface area contributed by atoms with E-state index < -0.39 is 0 Å². The quantitative estimate of drug-likeness (QED) is 0.402. The molecule has 1 saturated heterocycles. The highest BCUT2D eigenvalue weighted by Crippen LogP contribution is 2.40. The van der Waals surface area contributed by atoms with Gasteiger partial charge in [-0.1, -0.05) is 12.2 Å². The molecule has 0 saturated carbocycles. The molecule has 3 unspecified atom stereocenters. The van der Waals surface area contributed by atoms with Crippen LogP contribution in [0.2, 0.25) is 0 Å². The number of hydrogen-bond donors (Lipinski definition) is 0. The molecule has 0 aromatic rings. The van der Waals surface area contributed by atoms with Crippen molar-refractivity contribution in [3.05, 3.63) is 12.2 Å². The lowest BCUT2D eigenvalue weighted by molar-refractivity contribution is 0.632. The van der Waals surface area contributed by atoms with Gasteiger partial charge < -0.3 is 0 Å². The highest BCUT2D eigenvalue weighted by Gasteiger charge is 2.29. The van der Waals surface area contributed by atoms with Gasteiger partial charge in [-0.2, -0.15) is 0 Å². The van der Waals surface area contributed by atoms with Crippen LogP contribution in [0.15, 0.2) is 12.2 Å². The van der Waals surface area contributed by atoms with Gasteiger partial charge >= 0.3 is 0 Å². The van der Waals surface area contributed by atoms with Gasteiger partial charge in [0.15, 0.2) is 0 Å². The van der Waals surface area contributed by atoms with Crippen molar-refractivity contribution in [1.29, 1.82) is 0 Å². The second kappa shape index (κ2) is 2.78. The summed E-state index contributed by atoms with van der Waals surface area (Å²) in [5.41, 5.74) is 0. The first kappa shape index (κ1) is 7.05. The molecule has 2 heteroatoms. The standard InChI is InChI=1S/C8H11ClS/c9-7-5-4-6-2-1-3-8(7)10-6/h1-2,6-8H,3-5H2. The van der Waals surface area contributed by atoms with Crippen LogP contribution in [-0.4, -0.2) is 15.9 Å². The van der Waals surface area contributed by atoms with Crippen LogP contribution < -0.4 is 0 Å². The second-order valence-corrected chi connectivity index (χ2v) is 5.01. The molecule has 0 N–H and O–H groups in total. The minimum absolute atomic E-state index is 0.436. The van der Waals surface area contributed by atoms with E-state index in [-0.39, 0.29) is 0 Å². The lowest BCUT2D eigenvalue weighted by Crippen LogP contribution is -2.28. The molecule has 0 aromatic carbocycles. The molecule has 0 radical (unpaired) electrons. The predicted molar refractivity (Wildman–Crippen MR) is 47.8 cm³/mol. The SMILES string of the molecule is ClC1CCC2C=CCC1S2. The topological polar surface area (TPSA) is 0 Å². The highest BCUT2D eigenvalue weighted by molar-refractivity contribution is 8.00. The number of allylic oxidation sites excluding steroid dienone is 1. The lowest BCUT2D eigenvalue weighted by atomic mass is 10.0. The van der Waals surface area contributed by atoms with Gasteiger partial charge in [-0.05, 0) is 19.3 Å². The molecule has 2 rings (SSSR count). The van der Waals surface area contributed by atoms with Crippen molar-refractivity contribution in [2.75, 3.05) is 0 Å². The number of fused-ring (bicyclic) bond motifs is 2. The Kier molecular flexibility index (Phi) is 1.96. The third-order valence-corrected chi connectivity index (χ3v) is 4.48. The largest absolute Gasteiger partial charge is 0.149 e. The third kappa shape index (κ3) is 1.22. The predicted octanol–water partition coefficient (Wildman–Crippen LogP) is 2.82. The second-order valence-electron chi connectivity index (χ2n) is 2.97. The Morgan fingerprint density at radius 3 is 3.10 bits per heavy atom. The minimum Gasteiger partial charge on any atom is -0.149 e. The molecule has 1 fully saturated rings. The molecule has 2 bridgehead atoms. The van der Waals surface area contributed by atoms with E-state index in [0.717, 1.165) is 5.25 Å². The highest BCUT2D eigenvalue weighted by atomic mass is 35.5. The van der Waals surface area contributed by atoms with Crippen LogP contribution in [0, 0.1) is 0 Å². The zero-order chi connectivity index (χ0) is 6.97. The maximum atomic E-state index is 6.13. The molecule has 3 atom stereocenters. The first-order chi connectivity index (χ1) is 4.86. The summed E-state index contributed by atoms with van der Waals surface area (Å²) in [4.78, 5) is 0. The fourth-order valence-electron chi connectivity index (χ4n) is 1.60. The molecule has 56 valence electrons. The lowest BCUT2D eigenvalue weighted by Gasteiger charge is -2.33. The zero-order valence-corrected chi connectivity index (χ0v) is 7.37. The summed E-state index contributed by atoms with van der Waals surface area (Å²) in [6.07, 6.45) is 8.32. The van der Waals surface area contributed by atoms with Crippen molar-refractivity contribution in [3.63, 3.8) is 0 Å². The summed E-state index contributed by atoms with van der Waals surface area (Å²) in [5, 5.41) is 1.94. The van der Waals surface area contributed by atoms with E-state index >= 15 is 0 Å². The van der Waals surface area contributed by atoms with Crippen molar-refractivity contribution in [3.8, 4) is 0 Å². The van der Waals surface area contributed by atoms with E-state index in [0.29, 0.717) is 10.6 Å².